The Labute approximate surface area is 138 Å². The fraction of sp³-hybridized carbons (Fsp3) is 0.400. The normalized spacial score (nSPS) is 16.3. The highest BCUT2D eigenvalue weighted by molar-refractivity contribution is 6.30. The minimum Gasteiger partial charge on any atom is -0.389 e. The van der Waals surface area contributed by atoms with Gasteiger partial charge in [0.05, 0.1) is 12.0 Å². The van der Waals surface area contributed by atoms with Gasteiger partial charge >= 0.3 is 6.01 Å². The largest absolute Gasteiger partial charge is 0.389 e. The Morgan fingerprint density at radius 2 is 2.00 bits per heavy atom. The van der Waals surface area contributed by atoms with Crippen molar-refractivity contribution < 1.29 is 14.4 Å². The van der Waals surface area contributed by atoms with E-state index in [4.69, 9.17) is 16.1 Å². The average Bonchev–Trinajstić information content (AvgIpc) is 3.15. The minimum absolute atomic E-state index is 0.0537. The molecule has 0 radical (unpaired) electrons. The Kier molecular flexibility index (Phi) is 4.49. The first-order chi connectivity index (χ1) is 11.0. The third-order valence-electron chi connectivity index (χ3n) is 3.86. The van der Waals surface area contributed by atoms with Gasteiger partial charge in [-0.2, -0.15) is 4.98 Å². The molecular formula is C15H17ClN4O3. The van der Waals surface area contributed by atoms with Gasteiger partial charge in [0.15, 0.2) is 0 Å². The van der Waals surface area contributed by atoms with Crippen molar-refractivity contribution in [2.75, 3.05) is 5.43 Å². The van der Waals surface area contributed by atoms with E-state index in [2.05, 4.69) is 21.0 Å². The Bertz CT molecular complexity index is 680. The molecule has 0 unspecified atom stereocenters. The number of nitrogens with one attached hydrogen (secondary N) is 2. The molecule has 2 aromatic rings. The molecule has 1 fully saturated rings. The molecule has 0 saturated heterocycles. The summed E-state index contributed by atoms with van der Waals surface area (Å²) in [5.74, 6) is 0.0634. The highest BCUT2D eigenvalue weighted by atomic mass is 35.5. The highest BCUT2D eigenvalue weighted by Crippen LogP contribution is 2.32. The van der Waals surface area contributed by atoms with Gasteiger partial charge in [-0.25, -0.2) is 5.43 Å². The molecule has 1 saturated carbocycles. The number of rotatable bonds is 5. The maximum absolute atomic E-state index is 11.9. The van der Waals surface area contributed by atoms with Crippen molar-refractivity contribution >= 4 is 23.5 Å². The van der Waals surface area contributed by atoms with Gasteiger partial charge in [-0.15, -0.1) is 0 Å². The summed E-state index contributed by atoms with van der Waals surface area (Å²) in [4.78, 5) is 16.0. The zero-order valence-corrected chi connectivity index (χ0v) is 13.1. The smallest absolute Gasteiger partial charge is 0.340 e. The van der Waals surface area contributed by atoms with Crippen LogP contribution in [0.5, 0.6) is 0 Å². The summed E-state index contributed by atoms with van der Waals surface area (Å²) in [6.45, 7) is 0. The molecule has 3 N–H and O–H groups in total. The summed E-state index contributed by atoms with van der Waals surface area (Å²) < 4.78 is 5.01. The van der Waals surface area contributed by atoms with Crippen molar-refractivity contribution in [1.82, 2.24) is 15.6 Å². The molecule has 0 aliphatic heterocycles. The molecule has 3 rings (SSSR count). The predicted octanol–water partition coefficient (Wildman–Crippen LogP) is 2.53. The van der Waals surface area contributed by atoms with Gasteiger partial charge in [-0.1, -0.05) is 29.6 Å². The van der Waals surface area contributed by atoms with Crippen LogP contribution in [0.4, 0.5) is 6.01 Å². The van der Waals surface area contributed by atoms with E-state index in [0.717, 1.165) is 18.4 Å². The molecule has 0 atom stereocenters. The summed E-state index contributed by atoms with van der Waals surface area (Å²) in [6.07, 6.45) is 3.26. The van der Waals surface area contributed by atoms with Crippen molar-refractivity contribution in [1.29, 1.82) is 0 Å². The number of halogens is 1. The van der Waals surface area contributed by atoms with Crippen LogP contribution >= 0.6 is 11.6 Å². The molecule has 1 aromatic carbocycles. The van der Waals surface area contributed by atoms with Crippen LogP contribution in [0.1, 0.15) is 32.1 Å². The van der Waals surface area contributed by atoms with Gasteiger partial charge in [0.25, 0.3) is 0 Å². The first-order valence-corrected chi connectivity index (χ1v) is 7.79. The lowest BCUT2D eigenvalue weighted by Crippen LogP contribution is -2.37. The maximum Gasteiger partial charge on any atom is 0.340 e. The van der Waals surface area contributed by atoms with Gasteiger partial charge in [0.2, 0.25) is 11.7 Å². The molecule has 1 aromatic heterocycles. The molecule has 1 aliphatic rings. The second-order valence-electron chi connectivity index (χ2n) is 5.71. The van der Waals surface area contributed by atoms with Crippen LogP contribution in [-0.2, 0) is 4.79 Å². The van der Waals surface area contributed by atoms with E-state index in [0.29, 0.717) is 23.7 Å². The number of hydrogen-bond acceptors (Lipinski definition) is 6. The molecule has 7 nitrogen and oxygen atoms in total. The molecule has 8 heteroatoms. The summed E-state index contributed by atoms with van der Waals surface area (Å²) in [7, 11) is 0. The lowest BCUT2D eigenvalue weighted by atomic mass is 9.98. The third kappa shape index (κ3) is 4.00. The number of anilines is 1. The molecule has 1 heterocycles. The average molecular weight is 337 g/mol. The Hall–Kier alpha value is -2.12. The van der Waals surface area contributed by atoms with Crippen molar-refractivity contribution in [3.05, 3.63) is 29.3 Å². The monoisotopic (exact) mass is 336 g/mol. The molecule has 0 bridgehead atoms. The van der Waals surface area contributed by atoms with Crippen LogP contribution in [0, 0.1) is 0 Å². The quantitative estimate of drug-likeness (QED) is 0.725. The van der Waals surface area contributed by atoms with Gasteiger partial charge in [-0.05, 0) is 37.1 Å². The van der Waals surface area contributed by atoms with E-state index in [1.54, 1.807) is 24.3 Å². The molecule has 1 aliphatic carbocycles. The maximum atomic E-state index is 11.9. The lowest BCUT2D eigenvalue weighted by Gasteiger charge is -2.20. The van der Waals surface area contributed by atoms with Crippen LogP contribution in [0.2, 0.25) is 5.02 Å². The fourth-order valence-electron chi connectivity index (χ4n) is 2.67. The van der Waals surface area contributed by atoms with Crippen molar-refractivity contribution in [2.45, 2.75) is 37.7 Å². The number of carbonyl (C=O) groups is 1. The van der Waals surface area contributed by atoms with E-state index in [1.807, 2.05) is 0 Å². The minimum atomic E-state index is -0.894. The molecule has 1 amide bonds. The van der Waals surface area contributed by atoms with Gasteiger partial charge in [0.1, 0.15) is 0 Å². The number of benzene rings is 1. The summed E-state index contributed by atoms with van der Waals surface area (Å²) in [6, 6.07) is 7.06. The number of hydrogen-bond donors (Lipinski definition) is 3. The summed E-state index contributed by atoms with van der Waals surface area (Å²) in [5.41, 5.74) is 4.87. The number of carbonyl (C=O) groups excluding carboxylic acids is 1. The second-order valence-corrected chi connectivity index (χ2v) is 6.15. The molecule has 23 heavy (non-hydrogen) atoms. The molecule has 0 spiro atoms. The van der Waals surface area contributed by atoms with Crippen molar-refractivity contribution in [3.63, 3.8) is 0 Å². The number of aromatic nitrogens is 2. The van der Waals surface area contributed by atoms with Crippen LogP contribution in [-0.4, -0.2) is 26.8 Å². The summed E-state index contributed by atoms with van der Waals surface area (Å²) in [5, 5.41) is 14.6. The number of nitrogens with zero attached hydrogens (tertiary/aromatic N) is 2. The number of hydrazine groups is 1. The first kappa shape index (κ1) is 15.8. The van der Waals surface area contributed by atoms with E-state index < -0.39 is 5.60 Å². The SMILES string of the molecule is O=C(CC1(O)CCCC1)NNc1nc(-c2ccc(Cl)cc2)no1. The van der Waals surface area contributed by atoms with Crippen LogP contribution in [0.15, 0.2) is 28.8 Å². The molecule has 122 valence electrons. The Morgan fingerprint density at radius 1 is 1.30 bits per heavy atom. The van der Waals surface area contributed by atoms with Crippen molar-refractivity contribution in [2.24, 2.45) is 0 Å². The van der Waals surface area contributed by atoms with E-state index in [1.165, 1.54) is 0 Å². The van der Waals surface area contributed by atoms with Crippen molar-refractivity contribution in [3.8, 4) is 11.4 Å². The van der Waals surface area contributed by atoms with Gasteiger partial charge < -0.3 is 9.63 Å². The predicted molar refractivity (Wildman–Crippen MR) is 84.5 cm³/mol. The van der Waals surface area contributed by atoms with Crippen LogP contribution in [0.25, 0.3) is 11.4 Å². The Morgan fingerprint density at radius 3 is 2.70 bits per heavy atom. The topological polar surface area (TPSA) is 100 Å². The zero-order chi connectivity index (χ0) is 16.3. The standard InChI is InChI=1S/C15H17ClN4O3/c16-11-5-3-10(4-6-11)13-17-14(23-20-13)19-18-12(21)9-15(22)7-1-2-8-15/h3-6,22H,1-2,7-9H2,(H,18,21)(H,17,19,20). The fourth-order valence-corrected chi connectivity index (χ4v) is 2.79. The highest BCUT2D eigenvalue weighted by Gasteiger charge is 2.33. The number of amides is 1. The van der Waals surface area contributed by atoms with Crippen LogP contribution in [0.3, 0.4) is 0 Å². The van der Waals surface area contributed by atoms with E-state index >= 15 is 0 Å². The van der Waals surface area contributed by atoms with E-state index in [-0.39, 0.29) is 18.3 Å². The Balaban J connectivity index is 1.55. The number of aliphatic hydroxyl groups is 1. The second kappa shape index (κ2) is 6.55. The molecular weight excluding hydrogens is 320 g/mol. The first-order valence-electron chi connectivity index (χ1n) is 7.41. The van der Waals surface area contributed by atoms with Gasteiger partial charge in [0, 0.05) is 10.6 Å². The van der Waals surface area contributed by atoms with Crippen LogP contribution < -0.4 is 10.9 Å². The third-order valence-corrected chi connectivity index (χ3v) is 4.11. The van der Waals surface area contributed by atoms with Gasteiger partial charge in [-0.3, -0.25) is 10.2 Å². The lowest BCUT2D eigenvalue weighted by molar-refractivity contribution is -0.125. The summed E-state index contributed by atoms with van der Waals surface area (Å²) >= 11 is 5.83. The zero-order valence-electron chi connectivity index (χ0n) is 12.4. The van der Waals surface area contributed by atoms with E-state index in [9.17, 15) is 9.90 Å².